The number of hydrogen-bond donors (Lipinski definition) is 1. The summed E-state index contributed by atoms with van der Waals surface area (Å²) < 4.78 is 39.6. The average molecular weight is 336 g/mol. The van der Waals surface area contributed by atoms with Crippen molar-refractivity contribution < 1.29 is 27.5 Å². The van der Waals surface area contributed by atoms with Crippen molar-refractivity contribution in [3.8, 4) is 0 Å². The number of amides is 2. The third-order valence-corrected chi connectivity index (χ3v) is 4.16. The molecule has 0 radical (unpaired) electrons. The lowest BCUT2D eigenvalue weighted by atomic mass is 10.2. The maximum atomic E-state index is 12.0. The Bertz CT molecular complexity index is 545. The van der Waals surface area contributed by atoms with E-state index in [2.05, 4.69) is 4.74 Å². The molecule has 2 amide bonds. The summed E-state index contributed by atoms with van der Waals surface area (Å²) in [5.74, 6) is -0.344. The highest BCUT2D eigenvalue weighted by Gasteiger charge is 2.29. The van der Waals surface area contributed by atoms with E-state index >= 15 is 0 Å². The first-order valence-corrected chi connectivity index (χ1v) is 7.53. The van der Waals surface area contributed by atoms with Crippen LogP contribution in [0.2, 0.25) is 0 Å². The summed E-state index contributed by atoms with van der Waals surface area (Å²) in [4.78, 5) is 26.0. The molecular weight excluding hydrogens is 321 g/mol. The number of alkyl halides is 3. The van der Waals surface area contributed by atoms with Crippen LogP contribution in [0.5, 0.6) is 0 Å². The number of alkyl carbamates (subject to hydrolysis) is 1. The van der Waals surface area contributed by atoms with Crippen LogP contribution in [0.15, 0.2) is 11.4 Å². The van der Waals surface area contributed by atoms with E-state index in [0.717, 1.165) is 18.4 Å². The Hall–Kier alpha value is -1.77. The predicted molar refractivity (Wildman–Crippen MR) is 73.5 cm³/mol. The van der Waals surface area contributed by atoms with Gasteiger partial charge >= 0.3 is 12.3 Å². The number of carbonyl (C=O) groups excluding carboxylic acids is 2. The van der Waals surface area contributed by atoms with Crippen LogP contribution in [-0.2, 0) is 22.5 Å². The van der Waals surface area contributed by atoms with Crippen molar-refractivity contribution in [3.05, 3.63) is 21.9 Å². The first kappa shape index (κ1) is 16.6. The van der Waals surface area contributed by atoms with Gasteiger partial charge in [0.2, 0.25) is 5.91 Å². The average Bonchev–Trinajstić information content (AvgIpc) is 2.78. The molecule has 1 N–H and O–H groups in total. The topological polar surface area (TPSA) is 58.6 Å². The first-order chi connectivity index (χ1) is 10.3. The minimum absolute atomic E-state index is 0.344. The highest BCUT2D eigenvalue weighted by molar-refractivity contribution is 7.10. The molecule has 2 rings (SSSR count). The van der Waals surface area contributed by atoms with E-state index in [0.29, 0.717) is 13.1 Å². The maximum Gasteiger partial charge on any atom is 0.422 e. The quantitative estimate of drug-likeness (QED) is 0.921. The van der Waals surface area contributed by atoms with Gasteiger partial charge in [-0.1, -0.05) is 0 Å². The summed E-state index contributed by atoms with van der Waals surface area (Å²) in [5.41, 5.74) is 1.08. The van der Waals surface area contributed by atoms with Crippen LogP contribution in [0.1, 0.15) is 16.9 Å². The SMILES string of the molecule is O=C(NCC(=O)N1CCCc2sccc2C1)OCC(F)(F)F. The van der Waals surface area contributed by atoms with Gasteiger partial charge in [0.25, 0.3) is 0 Å². The molecule has 5 nitrogen and oxygen atoms in total. The van der Waals surface area contributed by atoms with Gasteiger partial charge in [-0.2, -0.15) is 13.2 Å². The normalized spacial score (nSPS) is 15.0. The summed E-state index contributed by atoms with van der Waals surface area (Å²) >= 11 is 1.65. The van der Waals surface area contributed by atoms with Crippen LogP contribution < -0.4 is 5.32 Å². The van der Waals surface area contributed by atoms with Crippen LogP contribution in [0.4, 0.5) is 18.0 Å². The van der Waals surface area contributed by atoms with Crippen molar-refractivity contribution >= 4 is 23.3 Å². The number of hydrogen-bond acceptors (Lipinski definition) is 4. The molecule has 0 saturated carbocycles. The largest absolute Gasteiger partial charge is 0.440 e. The molecule has 0 spiro atoms. The molecule has 0 unspecified atom stereocenters. The molecule has 22 heavy (non-hydrogen) atoms. The second-order valence-corrected chi connectivity index (χ2v) is 5.83. The third kappa shape index (κ3) is 4.90. The van der Waals surface area contributed by atoms with Crippen molar-refractivity contribution in [2.24, 2.45) is 0 Å². The molecule has 0 atom stereocenters. The fourth-order valence-electron chi connectivity index (χ4n) is 2.11. The number of nitrogens with zero attached hydrogens (tertiary/aromatic N) is 1. The van der Waals surface area contributed by atoms with E-state index in [4.69, 9.17) is 0 Å². The van der Waals surface area contributed by atoms with E-state index in [-0.39, 0.29) is 12.5 Å². The van der Waals surface area contributed by atoms with E-state index in [1.54, 1.807) is 16.2 Å². The number of nitrogens with one attached hydrogen (secondary N) is 1. The third-order valence-electron chi connectivity index (χ3n) is 3.13. The van der Waals surface area contributed by atoms with Gasteiger partial charge in [0.1, 0.15) is 6.54 Å². The molecule has 0 bridgehead atoms. The lowest BCUT2D eigenvalue weighted by Gasteiger charge is -2.20. The van der Waals surface area contributed by atoms with Gasteiger partial charge in [0.05, 0.1) is 0 Å². The fourth-order valence-corrected chi connectivity index (χ4v) is 3.06. The zero-order valence-corrected chi connectivity index (χ0v) is 12.4. The molecule has 1 aliphatic rings. The molecule has 0 saturated heterocycles. The van der Waals surface area contributed by atoms with E-state index < -0.39 is 18.9 Å². The van der Waals surface area contributed by atoms with Crippen molar-refractivity contribution in [2.45, 2.75) is 25.6 Å². The Morgan fingerprint density at radius 1 is 1.41 bits per heavy atom. The van der Waals surface area contributed by atoms with Crippen LogP contribution in [0.3, 0.4) is 0 Å². The van der Waals surface area contributed by atoms with Crippen molar-refractivity contribution in [1.82, 2.24) is 10.2 Å². The molecule has 1 aliphatic heterocycles. The molecule has 9 heteroatoms. The highest BCUT2D eigenvalue weighted by atomic mass is 32.1. The molecule has 1 aromatic heterocycles. The van der Waals surface area contributed by atoms with Gasteiger partial charge in [-0.05, 0) is 29.9 Å². The van der Waals surface area contributed by atoms with Gasteiger partial charge in [-0.15, -0.1) is 11.3 Å². The monoisotopic (exact) mass is 336 g/mol. The van der Waals surface area contributed by atoms with Crippen LogP contribution in [0.25, 0.3) is 0 Å². The van der Waals surface area contributed by atoms with Crippen molar-refractivity contribution in [1.29, 1.82) is 0 Å². The Kier molecular flexibility index (Phi) is 5.28. The van der Waals surface area contributed by atoms with E-state index in [9.17, 15) is 22.8 Å². The van der Waals surface area contributed by atoms with Crippen molar-refractivity contribution in [2.75, 3.05) is 19.7 Å². The second-order valence-electron chi connectivity index (χ2n) is 4.83. The summed E-state index contributed by atoms with van der Waals surface area (Å²) in [6, 6.07) is 1.95. The number of fused-ring (bicyclic) bond motifs is 1. The van der Waals surface area contributed by atoms with Gasteiger partial charge < -0.3 is 15.0 Å². The number of carbonyl (C=O) groups is 2. The summed E-state index contributed by atoms with van der Waals surface area (Å²) in [6.45, 7) is -1.04. The predicted octanol–water partition coefficient (Wildman–Crippen LogP) is 2.31. The Labute approximate surface area is 129 Å². The minimum atomic E-state index is -4.58. The minimum Gasteiger partial charge on any atom is -0.440 e. The molecular formula is C13H15F3N2O3S. The number of thiophene rings is 1. The van der Waals surface area contributed by atoms with Crippen molar-refractivity contribution in [3.63, 3.8) is 0 Å². The maximum absolute atomic E-state index is 12.0. The molecule has 0 fully saturated rings. The Balaban J connectivity index is 1.79. The smallest absolute Gasteiger partial charge is 0.422 e. The van der Waals surface area contributed by atoms with Gasteiger partial charge in [-0.3, -0.25) is 4.79 Å². The zero-order valence-electron chi connectivity index (χ0n) is 11.6. The summed E-state index contributed by atoms with van der Waals surface area (Å²) in [6.07, 6.45) is -4.12. The second kappa shape index (κ2) is 6.99. The zero-order chi connectivity index (χ0) is 16.2. The van der Waals surface area contributed by atoms with E-state index in [1.807, 2.05) is 16.8 Å². The number of halogens is 3. The molecule has 122 valence electrons. The molecule has 0 aromatic carbocycles. The van der Waals surface area contributed by atoms with Gasteiger partial charge in [0.15, 0.2) is 6.61 Å². The first-order valence-electron chi connectivity index (χ1n) is 6.65. The summed E-state index contributed by atoms with van der Waals surface area (Å²) in [5, 5.41) is 4.00. The highest BCUT2D eigenvalue weighted by Crippen LogP contribution is 2.23. The molecule has 0 aliphatic carbocycles. The van der Waals surface area contributed by atoms with E-state index in [1.165, 1.54) is 4.88 Å². The van der Waals surface area contributed by atoms with Crippen LogP contribution >= 0.6 is 11.3 Å². The van der Waals surface area contributed by atoms with Gasteiger partial charge in [-0.25, -0.2) is 4.79 Å². The Morgan fingerprint density at radius 3 is 2.91 bits per heavy atom. The van der Waals surface area contributed by atoms with Crippen LogP contribution in [-0.4, -0.2) is 42.8 Å². The molecule has 2 heterocycles. The number of ether oxygens (including phenoxy) is 1. The Morgan fingerprint density at radius 2 is 2.18 bits per heavy atom. The standard InChI is InChI=1S/C13H15F3N2O3S/c14-13(15,16)8-21-12(20)17-6-11(19)18-4-1-2-10-9(7-18)3-5-22-10/h3,5H,1-2,4,6-8H2,(H,17,20). The number of rotatable bonds is 3. The lowest BCUT2D eigenvalue weighted by Crippen LogP contribution is -2.40. The number of aryl methyl sites for hydroxylation is 1. The molecule has 1 aromatic rings. The fraction of sp³-hybridized carbons (Fsp3) is 0.538. The van der Waals surface area contributed by atoms with Gasteiger partial charge in [0, 0.05) is 18.0 Å². The van der Waals surface area contributed by atoms with Crippen LogP contribution in [0, 0.1) is 0 Å². The summed E-state index contributed by atoms with van der Waals surface area (Å²) in [7, 11) is 0. The lowest BCUT2D eigenvalue weighted by molar-refractivity contribution is -0.160.